The van der Waals surface area contributed by atoms with Gasteiger partial charge in [0, 0.05) is 24.4 Å². The lowest BCUT2D eigenvalue weighted by molar-refractivity contribution is -0.137. The molecule has 1 atom stereocenters. The van der Waals surface area contributed by atoms with Gasteiger partial charge in [0.15, 0.2) is 17.3 Å². The standard InChI is InChI=1S/C15H18FNO5/c1-9(7-15(20)21)17-14(19)6-4-12(18)10-3-5-13(22-2)11(16)8-10/h3,5,8-9H,4,6-7H2,1-2H3,(H,17,19)(H,20,21). The number of ether oxygens (including phenoxy) is 1. The second-order valence-corrected chi connectivity index (χ2v) is 4.84. The number of carboxylic acids is 1. The van der Waals surface area contributed by atoms with Crippen molar-refractivity contribution in [2.75, 3.05) is 7.11 Å². The molecule has 1 rings (SSSR count). The zero-order valence-corrected chi connectivity index (χ0v) is 12.4. The highest BCUT2D eigenvalue weighted by atomic mass is 19.1. The predicted molar refractivity (Wildman–Crippen MR) is 76.4 cm³/mol. The predicted octanol–water partition coefficient (Wildman–Crippen LogP) is 1.78. The SMILES string of the molecule is COc1ccc(C(=O)CCC(=O)NC(C)CC(=O)O)cc1F. The summed E-state index contributed by atoms with van der Waals surface area (Å²) in [5.74, 6) is -2.42. The number of ketones is 1. The van der Waals surface area contributed by atoms with Gasteiger partial charge >= 0.3 is 5.97 Å². The van der Waals surface area contributed by atoms with Crippen molar-refractivity contribution < 1.29 is 28.6 Å². The summed E-state index contributed by atoms with van der Waals surface area (Å²) in [6.07, 6.45) is -0.364. The van der Waals surface area contributed by atoms with E-state index in [0.29, 0.717) is 0 Å². The first-order chi connectivity index (χ1) is 10.3. The highest BCUT2D eigenvalue weighted by molar-refractivity contribution is 5.98. The van der Waals surface area contributed by atoms with Crippen molar-refractivity contribution in [2.45, 2.75) is 32.2 Å². The number of aliphatic carboxylic acids is 1. The Bertz CT molecular complexity index is 573. The summed E-state index contributed by atoms with van der Waals surface area (Å²) in [7, 11) is 1.32. The quantitative estimate of drug-likeness (QED) is 0.714. The number of halogens is 1. The van der Waals surface area contributed by atoms with E-state index >= 15 is 0 Å². The van der Waals surface area contributed by atoms with E-state index in [1.54, 1.807) is 6.92 Å². The Kier molecular flexibility index (Phi) is 6.49. The Labute approximate surface area is 127 Å². The number of carboxylic acid groups (broad SMARTS) is 1. The minimum atomic E-state index is -1.02. The van der Waals surface area contributed by atoms with Crippen LogP contribution in [-0.2, 0) is 9.59 Å². The van der Waals surface area contributed by atoms with Crippen LogP contribution in [-0.4, -0.2) is 35.9 Å². The van der Waals surface area contributed by atoms with Gasteiger partial charge in [0.25, 0.3) is 0 Å². The second-order valence-electron chi connectivity index (χ2n) is 4.84. The molecule has 0 heterocycles. The molecule has 0 radical (unpaired) electrons. The van der Waals surface area contributed by atoms with Crippen molar-refractivity contribution in [3.8, 4) is 5.75 Å². The van der Waals surface area contributed by atoms with Crippen LogP contribution in [0.5, 0.6) is 5.75 Å². The third-order valence-corrected chi connectivity index (χ3v) is 2.94. The van der Waals surface area contributed by atoms with E-state index in [2.05, 4.69) is 5.32 Å². The zero-order chi connectivity index (χ0) is 16.7. The van der Waals surface area contributed by atoms with Crippen LogP contribution < -0.4 is 10.1 Å². The molecule has 1 aromatic carbocycles. The van der Waals surface area contributed by atoms with Crippen LogP contribution >= 0.6 is 0 Å². The molecule has 0 saturated carbocycles. The number of rotatable bonds is 8. The molecule has 22 heavy (non-hydrogen) atoms. The number of carbonyl (C=O) groups is 3. The largest absolute Gasteiger partial charge is 0.494 e. The van der Waals surface area contributed by atoms with Gasteiger partial charge in [-0.05, 0) is 25.1 Å². The van der Waals surface area contributed by atoms with E-state index in [-0.39, 0.29) is 36.4 Å². The highest BCUT2D eigenvalue weighted by Crippen LogP contribution is 2.18. The summed E-state index contributed by atoms with van der Waals surface area (Å²) in [5.41, 5.74) is 0.157. The van der Waals surface area contributed by atoms with Crippen molar-refractivity contribution >= 4 is 17.7 Å². The number of amides is 1. The van der Waals surface area contributed by atoms with Gasteiger partial charge in [-0.15, -0.1) is 0 Å². The fourth-order valence-corrected chi connectivity index (χ4v) is 1.87. The molecule has 1 aromatic rings. The van der Waals surface area contributed by atoms with Crippen molar-refractivity contribution in [1.82, 2.24) is 5.32 Å². The van der Waals surface area contributed by atoms with Crippen molar-refractivity contribution in [2.24, 2.45) is 0 Å². The first kappa shape index (κ1) is 17.6. The molecule has 0 spiro atoms. The van der Waals surface area contributed by atoms with Crippen LogP contribution in [0, 0.1) is 5.82 Å². The first-order valence-corrected chi connectivity index (χ1v) is 6.71. The van der Waals surface area contributed by atoms with Crippen molar-refractivity contribution in [1.29, 1.82) is 0 Å². The number of nitrogens with one attached hydrogen (secondary N) is 1. The topological polar surface area (TPSA) is 92.7 Å². The fraction of sp³-hybridized carbons (Fsp3) is 0.400. The molecule has 1 amide bonds. The number of Topliss-reactive ketones (excluding diaryl/α,β-unsaturated/α-hetero) is 1. The van der Waals surface area contributed by atoms with E-state index in [0.717, 1.165) is 6.07 Å². The summed E-state index contributed by atoms with van der Waals surface area (Å²) < 4.78 is 18.2. The smallest absolute Gasteiger partial charge is 0.305 e. The maximum Gasteiger partial charge on any atom is 0.305 e. The molecule has 0 fully saturated rings. The van der Waals surface area contributed by atoms with Crippen LogP contribution in [0.2, 0.25) is 0 Å². The summed E-state index contributed by atoms with van der Waals surface area (Å²) >= 11 is 0. The summed E-state index contributed by atoms with van der Waals surface area (Å²) in [4.78, 5) is 33.9. The van der Waals surface area contributed by atoms with Gasteiger partial charge in [-0.2, -0.15) is 0 Å². The Morgan fingerprint density at radius 2 is 2.00 bits per heavy atom. The zero-order valence-electron chi connectivity index (χ0n) is 12.4. The van der Waals surface area contributed by atoms with Gasteiger partial charge in [0.05, 0.1) is 13.5 Å². The molecular formula is C15H18FNO5. The molecule has 0 bridgehead atoms. The van der Waals surface area contributed by atoms with Gasteiger partial charge < -0.3 is 15.2 Å². The average molecular weight is 311 g/mol. The summed E-state index contributed by atoms with van der Waals surface area (Å²) in [6, 6.07) is 3.32. The molecule has 0 aliphatic rings. The summed E-state index contributed by atoms with van der Waals surface area (Å²) in [5, 5.41) is 11.1. The second kappa shape index (κ2) is 8.11. The first-order valence-electron chi connectivity index (χ1n) is 6.71. The van der Waals surface area contributed by atoms with Gasteiger partial charge in [-0.25, -0.2) is 4.39 Å². The van der Waals surface area contributed by atoms with Crippen LogP contribution in [0.25, 0.3) is 0 Å². The fourth-order valence-electron chi connectivity index (χ4n) is 1.87. The minimum Gasteiger partial charge on any atom is -0.494 e. The molecule has 0 saturated heterocycles. The Hall–Kier alpha value is -2.44. The third kappa shape index (κ3) is 5.51. The number of hydrogen-bond donors (Lipinski definition) is 2. The minimum absolute atomic E-state index is 0.0387. The summed E-state index contributed by atoms with van der Waals surface area (Å²) in [6.45, 7) is 1.56. The van der Waals surface area contributed by atoms with E-state index in [1.807, 2.05) is 0 Å². The maximum absolute atomic E-state index is 13.5. The maximum atomic E-state index is 13.5. The molecule has 2 N–H and O–H groups in total. The molecule has 6 nitrogen and oxygen atoms in total. The van der Waals surface area contributed by atoms with Crippen LogP contribution in [0.3, 0.4) is 0 Å². The van der Waals surface area contributed by atoms with E-state index in [9.17, 15) is 18.8 Å². The lowest BCUT2D eigenvalue weighted by Crippen LogP contribution is -2.34. The average Bonchev–Trinajstić information content (AvgIpc) is 2.43. The number of carbonyl (C=O) groups excluding carboxylic acids is 2. The molecule has 1 unspecified atom stereocenters. The van der Waals surface area contributed by atoms with E-state index in [4.69, 9.17) is 9.84 Å². The number of hydrogen-bond acceptors (Lipinski definition) is 4. The lowest BCUT2D eigenvalue weighted by Gasteiger charge is -2.11. The van der Waals surface area contributed by atoms with Crippen LogP contribution in [0.1, 0.15) is 36.5 Å². The van der Waals surface area contributed by atoms with Gasteiger partial charge in [0.2, 0.25) is 5.91 Å². The van der Waals surface area contributed by atoms with Gasteiger partial charge in [-0.1, -0.05) is 0 Å². The van der Waals surface area contributed by atoms with Gasteiger partial charge in [-0.3, -0.25) is 14.4 Å². The molecular weight excluding hydrogens is 293 g/mol. The Balaban J connectivity index is 2.50. The number of methoxy groups -OCH3 is 1. The molecule has 0 aromatic heterocycles. The Morgan fingerprint density at radius 3 is 2.55 bits per heavy atom. The normalized spacial score (nSPS) is 11.6. The Morgan fingerprint density at radius 1 is 1.32 bits per heavy atom. The van der Waals surface area contributed by atoms with Crippen LogP contribution in [0.4, 0.5) is 4.39 Å². The lowest BCUT2D eigenvalue weighted by atomic mass is 10.1. The van der Waals surface area contributed by atoms with Crippen LogP contribution in [0.15, 0.2) is 18.2 Å². The molecule has 7 heteroatoms. The highest BCUT2D eigenvalue weighted by Gasteiger charge is 2.14. The molecule has 120 valence electrons. The van der Waals surface area contributed by atoms with E-state index < -0.39 is 23.7 Å². The van der Waals surface area contributed by atoms with E-state index in [1.165, 1.54) is 19.2 Å². The third-order valence-electron chi connectivity index (χ3n) is 2.94. The van der Waals surface area contributed by atoms with Crippen molar-refractivity contribution in [3.63, 3.8) is 0 Å². The monoisotopic (exact) mass is 311 g/mol. The molecule has 0 aliphatic carbocycles. The molecule has 0 aliphatic heterocycles. The number of benzene rings is 1. The van der Waals surface area contributed by atoms with Crippen molar-refractivity contribution in [3.05, 3.63) is 29.6 Å². The van der Waals surface area contributed by atoms with Gasteiger partial charge in [0.1, 0.15) is 0 Å².